The maximum atomic E-state index is 12.0. The van der Waals surface area contributed by atoms with Crippen molar-refractivity contribution in [3.05, 3.63) is 41.7 Å². The lowest BCUT2D eigenvalue weighted by Gasteiger charge is -2.36. The Labute approximate surface area is 174 Å². The first kappa shape index (κ1) is 18.8. The molecule has 3 aromatic rings. The molecule has 1 aromatic carbocycles. The van der Waals surface area contributed by atoms with Crippen molar-refractivity contribution >= 4 is 22.9 Å². The van der Waals surface area contributed by atoms with E-state index in [2.05, 4.69) is 9.88 Å². The molecule has 0 saturated heterocycles. The predicted octanol–water partition coefficient (Wildman–Crippen LogP) is 3.50. The molecule has 7 nitrogen and oxygen atoms in total. The Morgan fingerprint density at radius 2 is 2.03 bits per heavy atom. The van der Waals surface area contributed by atoms with Gasteiger partial charge >= 0.3 is 0 Å². The van der Waals surface area contributed by atoms with E-state index in [4.69, 9.17) is 20.2 Å². The van der Waals surface area contributed by atoms with Gasteiger partial charge in [0.2, 0.25) is 5.88 Å². The van der Waals surface area contributed by atoms with Crippen molar-refractivity contribution in [3.8, 4) is 22.8 Å². The van der Waals surface area contributed by atoms with Gasteiger partial charge < -0.3 is 20.0 Å². The molecule has 1 unspecified atom stereocenters. The van der Waals surface area contributed by atoms with Gasteiger partial charge in [-0.05, 0) is 12.8 Å². The number of methoxy groups -OCH3 is 2. The van der Waals surface area contributed by atoms with Crippen LogP contribution in [-0.4, -0.2) is 41.4 Å². The topological polar surface area (TPSA) is 90.6 Å². The van der Waals surface area contributed by atoms with E-state index in [0.717, 1.165) is 52.4 Å². The van der Waals surface area contributed by atoms with Crippen molar-refractivity contribution in [1.82, 2.24) is 14.9 Å². The Morgan fingerprint density at radius 3 is 2.70 bits per heavy atom. The first-order valence-electron chi connectivity index (χ1n) is 10.2. The maximum absolute atomic E-state index is 12.0. The number of aldehydes is 1. The molecule has 1 aliphatic heterocycles. The Bertz CT molecular complexity index is 1140. The second-order valence-electron chi connectivity index (χ2n) is 7.85. The Balaban J connectivity index is 1.69. The number of carbonyl (C=O) groups is 1. The maximum Gasteiger partial charge on any atom is 0.216 e. The Morgan fingerprint density at radius 1 is 1.20 bits per heavy atom. The average molecular weight is 404 g/mol. The lowest BCUT2D eigenvalue weighted by atomic mass is 9.90. The molecule has 154 valence electrons. The second kappa shape index (κ2) is 7.25. The zero-order chi connectivity index (χ0) is 20.8. The van der Waals surface area contributed by atoms with Gasteiger partial charge in [0.05, 0.1) is 31.5 Å². The van der Waals surface area contributed by atoms with E-state index in [1.54, 1.807) is 26.5 Å². The highest BCUT2D eigenvalue weighted by Gasteiger charge is 2.39. The van der Waals surface area contributed by atoms with Crippen LogP contribution in [0, 0.1) is 0 Å². The van der Waals surface area contributed by atoms with Crippen molar-refractivity contribution in [1.29, 1.82) is 0 Å². The fourth-order valence-corrected chi connectivity index (χ4v) is 4.60. The monoisotopic (exact) mass is 404 g/mol. The molecular weight excluding hydrogens is 380 g/mol. The minimum atomic E-state index is -0.317. The van der Waals surface area contributed by atoms with Crippen LogP contribution >= 0.6 is 0 Å². The number of hydrogen-bond acceptors (Lipinski definition) is 7. The van der Waals surface area contributed by atoms with Crippen LogP contribution < -0.4 is 15.2 Å². The summed E-state index contributed by atoms with van der Waals surface area (Å²) >= 11 is 0. The zero-order valence-electron chi connectivity index (χ0n) is 17.1. The number of benzene rings is 1. The highest BCUT2D eigenvalue weighted by Crippen LogP contribution is 2.45. The smallest absolute Gasteiger partial charge is 0.216 e. The molecule has 1 atom stereocenters. The average Bonchev–Trinajstić information content (AvgIpc) is 3.09. The van der Waals surface area contributed by atoms with Crippen molar-refractivity contribution in [3.63, 3.8) is 0 Å². The first-order chi connectivity index (χ1) is 14.7. The fourth-order valence-electron chi connectivity index (χ4n) is 4.60. The second-order valence-corrected chi connectivity index (χ2v) is 7.85. The minimum Gasteiger partial charge on any atom is -0.496 e. The third-order valence-corrected chi connectivity index (χ3v) is 6.39. The molecule has 0 radical (unpaired) electrons. The quantitative estimate of drug-likeness (QED) is 0.651. The molecule has 2 aliphatic rings. The van der Waals surface area contributed by atoms with Gasteiger partial charge in [-0.3, -0.25) is 9.88 Å². The summed E-state index contributed by atoms with van der Waals surface area (Å²) in [5.74, 6) is 1.13. The van der Waals surface area contributed by atoms with Gasteiger partial charge in [-0.1, -0.05) is 24.6 Å². The van der Waals surface area contributed by atoms with E-state index in [-0.39, 0.29) is 6.04 Å². The van der Waals surface area contributed by atoms with Crippen LogP contribution in [0.15, 0.2) is 30.5 Å². The number of fused-ring (bicyclic) bond motifs is 2. The first-order valence-corrected chi connectivity index (χ1v) is 10.2. The molecule has 3 heterocycles. The molecule has 1 fully saturated rings. The van der Waals surface area contributed by atoms with Gasteiger partial charge in [-0.25, -0.2) is 4.98 Å². The molecule has 1 saturated carbocycles. The van der Waals surface area contributed by atoms with E-state index in [9.17, 15) is 4.79 Å². The third kappa shape index (κ3) is 2.73. The molecule has 2 N–H and O–H groups in total. The number of nitrogens with two attached hydrogens (primary N) is 1. The SMILES string of the molecule is COc1cc(OC)c(-c2cccc3c(N)c4c(nc23)CN(C2CCC2)C4C=O)cn1. The summed E-state index contributed by atoms with van der Waals surface area (Å²) in [5, 5.41) is 0.839. The summed E-state index contributed by atoms with van der Waals surface area (Å²) in [6.07, 6.45) is 6.19. The van der Waals surface area contributed by atoms with Crippen LogP contribution in [0.4, 0.5) is 5.69 Å². The molecule has 0 spiro atoms. The van der Waals surface area contributed by atoms with Gasteiger partial charge in [0.15, 0.2) is 0 Å². The van der Waals surface area contributed by atoms with Crippen LogP contribution in [0.25, 0.3) is 22.0 Å². The summed E-state index contributed by atoms with van der Waals surface area (Å²) in [4.78, 5) is 23.6. The molecule has 0 bridgehead atoms. The lowest BCUT2D eigenvalue weighted by molar-refractivity contribution is -0.113. The van der Waals surface area contributed by atoms with Crippen molar-refractivity contribution in [2.24, 2.45) is 0 Å². The van der Waals surface area contributed by atoms with Gasteiger partial charge in [0, 0.05) is 52.6 Å². The number of anilines is 1. The Hall–Kier alpha value is -3.19. The summed E-state index contributed by atoms with van der Waals surface area (Å²) in [7, 11) is 3.19. The number of hydrogen-bond donors (Lipinski definition) is 1. The van der Waals surface area contributed by atoms with Crippen LogP contribution in [0.1, 0.15) is 36.6 Å². The summed E-state index contributed by atoms with van der Waals surface area (Å²) < 4.78 is 10.8. The normalized spacial score (nSPS) is 18.8. The summed E-state index contributed by atoms with van der Waals surface area (Å²) in [5.41, 5.74) is 11.5. The highest BCUT2D eigenvalue weighted by atomic mass is 16.5. The number of ether oxygens (including phenoxy) is 2. The Kier molecular flexibility index (Phi) is 4.55. The van der Waals surface area contributed by atoms with E-state index in [1.807, 2.05) is 18.2 Å². The summed E-state index contributed by atoms with van der Waals surface area (Å²) in [6, 6.07) is 7.76. The fraction of sp³-hybridized carbons (Fsp3) is 0.348. The molecule has 2 aromatic heterocycles. The van der Waals surface area contributed by atoms with Crippen LogP contribution in [0.2, 0.25) is 0 Å². The molecule has 1 aliphatic carbocycles. The predicted molar refractivity (Wildman–Crippen MR) is 114 cm³/mol. The highest BCUT2D eigenvalue weighted by molar-refractivity contribution is 6.02. The van der Waals surface area contributed by atoms with Gasteiger partial charge in [0.1, 0.15) is 12.0 Å². The van der Waals surface area contributed by atoms with Crippen molar-refractivity contribution < 1.29 is 14.3 Å². The largest absolute Gasteiger partial charge is 0.496 e. The van der Waals surface area contributed by atoms with Gasteiger partial charge in [0.25, 0.3) is 0 Å². The van der Waals surface area contributed by atoms with Crippen molar-refractivity contribution in [2.45, 2.75) is 37.9 Å². The lowest BCUT2D eigenvalue weighted by Crippen LogP contribution is -2.39. The number of pyridine rings is 2. The number of nitrogens with zero attached hydrogens (tertiary/aromatic N) is 3. The molecule has 30 heavy (non-hydrogen) atoms. The standard InChI is InChI=1S/C23H24N4O3/c1-29-19-9-20(30-2)25-10-16(19)14-7-4-8-15-22(24)21-17(26-23(14)15)11-27(18(21)12-28)13-5-3-6-13/h4,7-10,12-13,18H,3,5-6,11H2,1-2H3,(H2,24,26). The molecule has 7 heteroatoms. The minimum absolute atomic E-state index is 0.317. The van der Waals surface area contributed by atoms with Crippen LogP contribution in [0.3, 0.4) is 0 Å². The number of para-hydroxylation sites is 1. The van der Waals surface area contributed by atoms with E-state index in [1.165, 1.54) is 6.42 Å². The summed E-state index contributed by atoms with van der Waals surface area (Å²) in [6.45, 7) is 0.649. The van der Waals surface area contributed by atoms with E-state index < -0.39 is 0 Å². The number of nitrogen functional groups attached to an aromatic ring is 1. The van der Waals surface area contributed by atoms with Gasteiger partial charge in [-0.2, -0.15) is 0 Å². The number of carbonyl (C=O) groups excluding carboxylic acids is 1. The van der Waals surface area contributed by atoms with Crippen LogP contribution in [-0.2, 0) is 11.3 Å². The molecular formula is C23H24N4O3. The number of aromatic nitrogens is 2. The molecule has 0 amide bonds. The van der Waals surface area contributed by atoms with Crippen molar-refractivity contribution in [2.75, 3.05) is 20.0 Å². The van der Waals surface area contributed by atoms with Crippen LogP contribution in [0.5, 0.6) is 11.6 Å². The zero-order valence-corrected chi connectivity index (χ0v) is 17.1. The molecule has 5 rings (SSSR count). The number of rotatable bonds is 5. The van der Waals surface area contributed by atoms with E-state index in [0.29, 0.717) is 29.9 Å². The third-order valence-electron chi connectivity index (χ3n) is 6.39. The van der Waals surface area contributed by atoms with Gasteiger partial charge in [-0.15, -0.1) is 0 Å². The van der Waals surface area contributed by atoms with E-state index >= 15 is 0 Å².